The van der Waals surface area contributed by atoms with Crippen LogP contribution in [-0.2, 0) is 25.8 Å². The molecule has 0 atom stereocenters. The van der Waals surface area contributed by atoms with Gasteiger partial charge in [0.15, 0.2) is 0 Å². The number of hydrogen-bond donors (Lipinski definition) is 0. The molecular weight excluding hydrogens is 642 g/mol. The molecule has 2 fully saturated rings. The van der Waals surface area contributed by atoms with E-state index in [-0.39, 0.29) is 50.7 Å². The smallest absolute Gasteiger partial charge is 1.00 e. The summed E-state index contributed by atoms with van der Waals surface area (Å²) in [5, 5.41) is 3.55. The first-order chi connectivity index (χ1) is 14.6. The first-order valence-corrected chi connectivity index (χ1v) is 18.5. The SMILES string of the molecule is CCCC[Si]1(C2=[C-]C(CC)=CC2)CCC1.CCCC[Si]1(C2=[C-]C(CC)=CC2)CCC1.[Cl-].[Cl-].[Hf+4]. The van der Waals surface area contributed by atoms with Crippen LogP contribution in [-0.4, -0.2) is 16.1 Å². The van der Waals surface area contributed by atoms with Gasteiger partial charge in [0.2, 0.25) is 0 Å². The average molecular weight is 688 g/mol. The van der Waals surface area contributed by atoms with Crippen LogP contribution in [0.25, 0.3) is 0 Å². The van der Waals surface area contributed by atoms with E-state index in [1.165, 1.54) is 75.4 Å². The third-order valence-corrected chi connectivity index (χ3v) is 19.5. The van der Waals surface area contributed by atoms with Gasteiger partial charge in [0.25, 0.3) is 0 Å². The minimum absolute atomic E-state index is 0. The molecule has 0 aromatic heterocycles. The van der Waals surface area contributed by atoms with E-state index in [9.17, 15) is 0 Å². The third kappa shape index (κ3) is 8.44. The van der Waals surface area contributed by atoms with Gasteiger partial charge in [-0.1, -0.05) is 115 Å². The Hall–Kier alpha value is 0.844. The zero-order valence-electron chi connectivity index (χ0n) is 21.7. The van der Waals surface area contributed by atoms with Crippen LogP contribution >= 0.6 is 0 Å². The monoisotopic (exact) mass is 688 g/mol. The second-order valence-electron chi connectivity index (χ2n) is 10.3. The Kier molecular flexibility index (Phi) is 17.0. The number of rotatable bonds is 10. The van der Waals surface area contributed by atoms with Crippen LogP contribution in [0.5, 0.6) is 0 Å². The quantitative estimate of drug-likeness (QED) is 0.245. The molecule has 33 heavy (non-hydrogen) atoms. The molecule has 0 radical (unpaired) electrons. The molecule has 2 aliphatic heterocycles. The van der Waals surface area contributed by atoms with Crippen molar-refractivity contribution in [2.75, 3.05) is 0 Å². The Morgan fingerprint density at radius 2 is 1.03 bits per heavy atom. The molecule has 2 aliphatic carbocycles. The van der Waals surface area contributed by atoms with Crippen LogP contribution < -0.4 is 24.8 Å². The summed E-state index contributed by atoms with van der Waals surface area (Å²) in [6, 6.07) is 9.38. The van der Waals surface area contributed by atoms with E-state index in [0.717, 1.165) is 0 Å². The zero-order chi connectivity index (χ0) is 21.5. The van der Waals surface area contributed by atoms with Gasteiger partial charge in [-0.3, -0.25) is 12.2 Å². The first kappa shape index (κ1) is 33.8. The van der Waals surface area contributed by atoms with Crippen LogP contribution in [0.1, 0.15) is 91.9 Å². The Bertz CT molecular complexity index is 641. The van der Waals surface area contributed by atoms with E-state index in [4.69, 9.17) is 0 Å². The average Bonchev–Trinajstić information content (AvgIpc) is 3.37. The van der Waals surface area contributed by atoms with Crippen molar-refractivity contribution >= 4 is 16.1 Å². The molecule has 184 valence electrons. The fraction of sp³-hybridized carbons (Fsp3) is 0.714. The first-order valence-electron chi connectivity index (χ1n) is 13.3. The van der Waals surface area contributed by atoms with E-state index in [2.05, 4.69) is 52.0 Å². The Morgan fingerprint density at radius 1 is 0.667 bits per heavy atom. The maximum atomic E-state index is 3.73. The van der Waals surface area contributed by atoms with Crippen molar-refractivity contribution in [2.45, 2.75) is 128 Å². The van der Waals surface area contributed by atoms with Crippen molar-refractivity contribution in [3.63, 3.8) is 0 Å². The molecule has 0 unspecified atom stereocenters. The largest absolute Gasteiger partial charge is 4.00 e. The van der Waals surface area contributed by atoms with Crippen LogP contribution in [0.3, 0.4) is 0 Å². The third-order valence-electron chi connectivity index (χ3n) is 8.41. The predicted molar refractivity (Wildman–Crippen MR) is 139 cm³/mol. The molecule has 0 N–H and O–H groups in total. The van der Waals surface area contributed by atoms with Crippen molar-refractivity contribution in [1.29, 1.82) is 0 Å². The summed E-state index contributed by atoms with van der Waals surface area (Å²) in [5.74, 6) is 0. The molecular formula is C28H46Cl2HfSi2. The van der Waals surface area contributed by atoms with E-state index in [0.29, 0.717) is 0 Å². The van der Waals surface area contributed by atoms with Crippen LogP contribution in [0.15, 0.2) is 33.7 Å². The van der Waals surface area contributed by atoms with Crippen molar-refractivity contribution < 1.29 is 50.7 Å². The van der Waals surface area contributed by atoms with E-state index >= 15 is 0 Å². The Balaban J connectivity index is 0.000000569. The van der Waals surface area contributed by atoms with Crippen molar-refractivity contribution in [3.05, 3.63) is 45.8 Å². The topological polar surface area (TPSA) is 0 Å². The van der Waals surface area contributed by atoms with Gasteiger partial charge >= 0.3 is 25.8 Å². The number of allylic oxidation sites excluding steroid dienone is 8. The van der Waals surface area contributed by atoms with Crippen molar-refractivity contribution in [2.24, 2.45) is 0 Å². The summed E-state index contributed by atoms with van der Waals surface area (Å²) in [6.45, 7) is 9.15. The molecule has 0 bridgehead atoms. The van der Waals surface area contributed by atoms with Gasteiger partial charge < -0.3 is 24.8 Å². The minimum atomic E-state index is -0.935. The molecule has 0 spiro atoms. The van der Waals surface area contributed by atoms with Crippen LogP contribution in [0.4, 0.5) is 0 Å². The Labute approximate surface area is 239 Å². The summed E-state index contributed by atoms with van der Waals surface area (Å²) in [5.41, 5.74) is 2.97. The molecule has 0 aromatic rings. The second-order valence-corrected chi connectivity index (χ2v) is 19.6. The van der Waals surface area contributed by atoms with E-state index < -0.39 is 16.1 Å². The maximum absolute atomic E-state index is 3.73. The summed E-state index contributed by atoms with van der Waals surface area (Å²) in [4.78, 5) is 0. The van der Waals surface area contributed by atoms with Gasteiger partial charge in [0.1, 0.15) is 0 Å². The van der Waals surface area contributed by atoms with Crippen molar-refractivity contribution in [3.8, 4) is 0 Å². The van der Waals surface area contributed by atoms with E-state index in [1.807, 2.05) is 0 Å². The van der Waals surface area contributed by atoms with Gasteiger partial charge in [-0.05, 0) is 0 Å². The van der Waals surface area contributed by atoms with Gasteiger partial charge in [-0.2, -0.15) is 10.4 Å². The molecule has 0 aromatic carbocycles. The predicted octanol–water partition coefficient (Wildman–Crippen LogP) is 3.30. The van der Waals surface area contributed by atoms with Crippen LogP contribution in [0, 0.1) is 12.2 Å². The molecule has 0 amide bonds. The maximum Gasteiger partial charge on any atom is 4.00 e. The van der Waals surface area contributed by atoms with E-state index in [1.54, 1.807) is 46.7 Å². The van der Waals surface area contributed by atoms with Crippen molar-refractivity contribution in [1.82, 2.24) is 0 Å². The normalized spacial score (nSPS) is 21.2. The summed E-state index contributed by atoms with van der Waals surface area (Å²) >= 11 is 0. The fourth-order valence-corrected chi connectivity index (χ4v) is 15.1. The molecule has 5 heteroatoms. The van der Waals surface area contributed by atoms with Gasteiger partial charge in [0.05, 0.1) is 16.1 Å². The number of unbranched alkanes of at least 4 members (excludes halogenated alkanes) is 2. The molecule has 0 saturated carbocycles. The van der Waals surface area contributed by atoms with Gasteiger partial charge in [-0.15, -0.1) is 12.8 Å². The number of halogens is 2. The molecule has 2 saturated heterocycles. The number of hydrogen-bond acceptors (Lipinski definition) is 0. The van der Waals surface area contributed by atoms with Gasteiger partial charge in [0, 0.05) is 0 Å². The fourth-order valence-electron chi connectivity index (χ4n) is 5.85. The van der Waals surface area contributed by atoms with Gasteiger partial charge in [-0.25, -0.2) is 23.3 Å². The zero-order valence-corrected chi connectivity index (χ0v) is 28.8. The second kappa shape index (κ2) is 16.6. The summed E-state index contributed by atoms with van der Waals surface area (Å²) in [7, 11) is -1.87. The standard InChI is InChI=1S/2C14H23Si.2ClH.Hf/c2*1-3-5-9-15(10-6-11-15)14-8-7-13(4-2)12-14;;;/h2*7H,3-6,8-11H2,1-2H3;2*1H;/q2*-1;;;+4/p-2. The minimum Gasteiger partial charge on any atom is -1.00 e. The molecule has 0 nitrogen and oxygen atoms in total. The Morgan fingerprint density at radius 3 is 1.24 bits per heavy atom. The summed E-state index contributed by atoms with van der Waals surface area (Å²) in [6.07, 6.45) is 25.9. The molecule has 2 heterocycles. The molecule has 4 rings (SSSR count). The van der Waals surface area contributed by atoms with Crippen LogP contribution in [0.2, 0.25) is 36.3 Å². The molecule has 4 aliphatic rings. The summed E-state index contributed by atoms with van der Waals surface area (Å²) < 4.78 is 0.